The Hall–Kier alpha value is -2.23. The Morgan fingerprint density at radius 1 is 1.52 bits per heavy atom. The molecule has 108 valence electrons. The van der Waals surface area contributed by atoms with Crippen LogP contribution in [0.5, 0.6) is 0 Å². The van der Waals surface area contributed by atoms with Crippen LogP contribution in [-0.4, -0.2) is 29.4 Å². The van der Waals surface area contributed by atoms with E-state index in [2.05, 4.69) is 16.8 Å². The van der Waals surface area contributed by atoms with Crippen molar-refractivity contribution in [2.75, 3.05) is 13.6 Å². The molecule has 0 saturated carbocycles. The minimum atomic E-state index is -0.524. The summed E-state index contributed by atoms with van der Waals surface area (Å²) < 4.78 is 13.8. The second kappa shape index (κ2) is 6.97. The van der Waals surface area contributed by atoms with Crippen molar-refractivity contribution >= 4 is 17.2 Å². The quantitative estimate of drug-likeness (QED) is 0.881. The fraction of sp³-hybridized carbons (Fsp3) is 0.200. The molecule has 0 radical (unpaired) electrons. The molecule has 0 saturated heterocycles. The fourth-order valence-corrected chi connectivity index (χ4v) is 2.30. The van der Waals surface area contributed by atoms with E-state index in [4.69, 9.17) is 5.73 Å². The van der Waals surface area contributed by atoms with Gasteiger partial charge in [0.15, 0.2) is 0 Å². The van der Waals surface area contributed by atoms with Crippen LogP contribution in [0.2, 0.25) is 0 Å². The van der Waals surface area contributed by atoms with E-state index in [1.165, 1.54) is 28.4 Å². The topological polar surface area (TPSA) is 59.2 Å². The SMILES string of the molecule is CN(Cc1cscn1)C(=O)c1ccc(C#CCN)c(F)c1. The molecule has 0 spiro atoms. The van der Waals surface area contributed by atoms with E-state index >= 15 is 0 Å². The molecule has 6 heteroatoms. The lowest BCUT2D eigenvalue weighted by atomic mass is 10.1. The monoisotopic (exact) mass is 303 g/mol. The number of nitrogens with zero attached hydrogens (tertiary/aromatic N) is 2. The summed E-state index contributed by atoms with van der Waals surface area (Å²) >= 11 is 1.47. The third-order valence-corrected chi connectivity index (χ3v) is 3.41. The van der Waals surface area contributed by atoms with E-state index in [-0.39, 0.29) is 23.6 Å². The van der Waals surface area contributed by atoms with E-state index in [0.29, 0.717) is 6.54 Å². The number of amides is 1. The zero-order valence-corrected chi connectivity index (χ0v) is 12.3. The molecule has 2 N–H and O–H groups in total. The molecule has 21 heavy (non-hydrogen) atoms. The van der Waals surface area contributed by atoms with E-state index in [1.807, 2.05) is 5.38 Å². The molecule has 0 atom stereocenters. The first-order valence-electron chi connectivity index (χ1n) is 6.23. The zero-order valence-electron chi connectivity index (χ0n) is 11.5. The molecule has 1 heterocycles. The Labute approximate surface area is 126 Å². The van der Waals surface area contributed by atoms with Gasteiger partial charge in [-0.15, -0.1) is 11.3 Å². The first-order valence-corrected chi connectivity index (χ1v) is 7.17. The average Bonchev–Trinajstić information content (AvgIpc) is 2.98. The summed E-state index contributed by atoms with van der Waals surface area (Å²) in [6.45, 7) is 0.551. The standard InChI is InChI=1S/C15H14FN3OS/c1-19(8-13-9-21-10-18-13)15(20)12-5-4-11(3-2-6-17)14(16)7-12/h4-5,7,9-10H,6,8,17H2,1H3. The number of rotatable bonds is 3. The van der Waals surface area contributed by atoms with Gasteiger partial charge in [0.25, 0.3) is 5.91 Å². The molecule has 0 fully saturated rings. The summed E-state index contributed by atoms with van der Waals surface area (Å²) in [6, 6.07) is 4.24. The molecule has 0 unspecified atom stereocenters. The van der Waals surface area contributed by atoms with Gasteiger partial charge >= 0.3 is 0 Å². The highest BCUT2D eigenvalue weighted by Crippen LogP contribution is 2.13. The van der Waals surface area contributed by atoms with E-state index < -0.39 is 5.82 Å². The van der Waals surface area contributed by atoms with Crippen molar-refractivity contribution in [3.8, 4) is 11.8 Å². The summed E-state index contributed by atoms with van der Waals surface area (Å²) in [5.41, 5.74) is 8.28. The van der Waals surface area contributed by atoms with Crippen LogP contribution in [0.15, 0.2) is 29.1 Å². The summed E-state index contributed by atoms with van der Waals surface area (Å²) in [5.74, 6) is 4.41. The van der Waals surface area contributed by atoms with Crippen molar-refractivity contribution in [3.05, 3.63) is 51.7 Å². The van der Waals surface area contributed by atoms with E-state index in [9.17, 15) is 9.18 Å². The van der Waals surface area contributed by atoms with Crippen molar-refractivity contribution in [3.63, 3.8) is 0 Å². The second-order valence-electron chi connectivity index (χ2n) is 4.34. The normalized spacial score (nSPS) is 9.86. The molecule has 0 aliphatic carbocycles. The van der Waals surface area contributed by atoms with Gasteiger partial charge in [0, 0.05) is 18.0 Å². The molecule has 0 aliphatic heterocycles. The Balaban J connectivity index is 2.14. The predicted octanol–water partition coefficient (Wildman–Crippen LogP) is 1.86. The van der Waals surface area contributed by atoms with Gasteiger partial charge in [0.2, 0.25) is 0 Å². The second-order valence-corrected chi connectivity index (χ2v) is 5.06. The number of hydrogen-bond acceptors (Lipinski definition) is 4. The van der Waals surface area contributed by atoms with Gasteiger partial charge in [-0.1, -0.05) is 11.8 Å². The van der Waals surface area contributed by atoms with Crippen LogP contribution in [0.4, 0.5) is 4.39 Å². The van der Waals surface area contributed by atoms with Gasteiger partial charge in [-0.05, 0) is 18.2 Å². The summed E-state index contributed by atoms with van der Waals surface area (Å²) in [4.78, 5) is 17.8. The van der Waals surface area contributed by atoms with Gasteiger partial charge < -0.3 is 10.6 Å². The highest BCUT2D eigenvalue weighted by molar-refractivity contribution is 7.07. The molecular weight excluding hydrogens is 289 g/mol. The number of hydrogen-bond donors (Lipinski definition) is 1. The van der Waals surface area contributed by atoms with Crippen molar-refractivity contribution in [1.29, 1.82) is 0 Å². The number of halogens is 1. The summed E-state index contributed by atoms with van der Waals surface area (Å²) in [6.07, 6.45) is 0. The predicted molar refractivity (Wildman–Crippen MR) is 80.2 cm³/mol. The molecule has 2 rings (SSSR count). The molecule has 2 aromatic rings. The highest BCUT2D eigenvalue weighted by atomic mass is 32.1. The third kappa shape index (κ3) is 3.88. The minimum Gasteiger partial charge on any atom is -0.336 e. The molecule has 4 nitrogen and oxygen atoms in total. The maximum Gasteiger partial charge on any atom is 0.254 e. The fourth-order valence-electron chi connectivity index (χ4n) is 1.75. The number of nitrogens with two attached hydrogens (primary N) is 1. The van der Waals surface area contributed by atoms with Crippen LogP contribution in [0.25, 0.3) is 0 Å². The summed E-state index contributed by atoms with van der Waals surface area (Å²) in [5, 5.41) is 1.87. The number of benzene rings is 1. The van der Waals surface area contributed by atoms with Crippen LogP contribution in [-0.2, 0) is 6.54 Å². The molecule has 1 amide bonds. The van der Waals surface area contributed by atoms with Crippen molar-refractivity contribution in [2.45, 2.75) is 6.54 Å². The lowest BCUT2D eigenvalue weighted by molar-refractivity contribution is 0.0783. The molecule has 0 bridgehead atoms. The largest absolute Gasteiger partial charge is 0.336 e. The Kier molecular flexibility index (Phi) is 5.04. The van der Waals surface area contributed by atoms with Crippen LogP contribution < -0.4 is 5.73 Å². The van der Waals surface area contributed by atoms with Crippen molar-refractivity contribution in [2.24, 2.45) is 5.73 Å². The van der Waals surface area contributed by atoms with Crippen LogP contribution in [0, 0.1) is 17.7 Å². The van der Waals surface area contributed by atoms with Gasteiger partial charge in [-0.25, -0.2) is 9.37 Å². The van der Waals surface area contributed by atoms with Gasteiger partial charge in [-0.3, -0.25) is 4.79 Å². The molecule has 0 aliphatic rings. The number of aromatic nitrogens is 1. The van der Waals surface area contributed by atoms with Crippen LogP contribution in [0.3, 0.4) is 0 Å². The molecular formula is C15H14FN3OS. The highest BCUT2D eigenvalue weighted by Gasteiger charge is 2.14. The Morgan fingerprint density at radius 3 is 2.95 bits per heavy atom. The maximum absolute atomic E-state index is 13.8. The van der Waals surface area contributed by atoms with Gasteiger partial charge in [-0.2, -0.15) is 0 Å². The Bertz CT molecular complexity index is 689. The molecule has 1 aromatic heterocycles. The first kappa shape index (κ1) is 15.2. The zero-order chi connectivity index (χ0) is 15.2. The number of carbonyl (C=O) groups excluding carboxylic acids is 1. The number of carbonyl (C=O) groups is 1. The van der Waals surface area contributed by atoms with Gasteiger partial charge in [0.05, 0.1) is 29.9 Å². The number of thiazole rings is 1. The molecule has 1 aromatic carbocycles. The smallest absolute Gasteiger partial charge is 0.254 e. The van der Waals surface area contributed by atoms with Crippen LogP contribution in [0.1, 0.15) is 21.6 Å². The summed E-state index contributed by atoms with van der Waals surface area (Å²) in [7, 11) is 1.65. The van der Waals surface area contributed by atoms with Crippen LogP contribution >= 0.6 is 11.3 Å². The van der Waals surface area contributed by atoms with Gasteiger partial charge in [0.1, 0.15) is 5.82 Å². The maximum atomic E-state index is 13.8. The van der Waals surface area contributed by atoms with Crippen molar-refractivity contribution in [1.82, 2.24) is 9.88 Å². The van der Waals surface area contributed by atoms with Crippen molar-refractivity contribution < 1.29 is 9.18 Å². The van der Waals surface area contributed by atoms with E-state index in [0.717, 1.165) is 5.69 Å². The average molecular weight is 303 g/mol. The first-order chi connectivity index (χ1) is 10.1. The lowest BCUT2D eigenvalue weighted by Crippen LogP contribution is -2.26. The lowest BCUT2D eigenvalue weighted by Gasteiger charge is -2.16. The minimum absolute atomic E-state index is 0.163. The Morgan fingerprint density at radius 2 is 2.33 bits per heavy atom. The van der Waals surface area contributed by atoms with E-state index in [1.54, 1.807) is 18.6 Å². The third-order valence-electron chi connectivity index (χ3n) is 2.77.